The maximum absolute atomic E-state index is 10.00. The minimum absolute atomic E-state index is 0.0706. The van der Waals surface area contributed by atoms with Gasteiger partial charge in [0.05, 0.1) is 16.8 Å². The van der Waals surface area contributed by atoms with Crippen molar-refractivity contribution < 1.29 is 10.2 Å². The number of hydrogen-bond acceptors (Lipinski definition) is 4. The maximum Gasteiger partial charge on any atom is 0.125 e. The molecular weight excluding hydrogens is 264 g/mol. The molecule has 4 nitrogen and oxygen atoms in total. The van der Waals surface area contributed by atoms with Gasteiger partial charge in [0.1, 0.15) is 11.5 Å². The van der Waals surface area contributed by atoms with E-state index < -0.39 is 0 Å². The molecule has 3 aromatic rings. The van der Waals surface area contributed by atoms with Gasteiger partial charge in [-0.15, -0.1) is 5.11 Å². The number of rotatable bonds is 2. The number of aromatic hydroxyl groups is 2. The predicted molar refractivity (Wildman–Crippen MR) is 82.6 cm³/mol. The van der Waals surface area contributed by atoms with E-state index in [1.807, 2.05) is 31.2 Å². The maximum atomic E-state index is 10.00. The summed E-state index contributed by atoms with van der Waals surface area (Å²) in [6.45, 7) is 2.01. The third-order valence-electron chi connectivity index (χ3n) is 3.28. The van der Waals surface area contributed by atoms with Crippen LogP contribution in [-0.2, 0) is 0 Å². The standard InChI is InChI=1S/C17H14N2O2/c1-11-5-7-12(8-6-11)18-19-14-9-10-15(20)13-3-2-4-16(21)17(13)14/h2-10,20-21H,1H3. The molecule has 0 atom stereocenters. The van der Waals surface area contributed by atoms with E-state index in [1.165, 1.54) is 0 Å². The van der Waals surface area contributed by atoms with Gasteiger partial charge in [-0.25, -0.2) is 0 Å². The average molecular weight is 278 g/mol. The van der Waals surface area contributed by atoms with Crippen LogP contribution < -0.4 is 0 Å². The van der Waals surface area contributed by atoms with Crippen molar-refractivity contribution in [2.24, 2.45) is 10.2 Å². The molecule has 0 unspecified atom stereocenters. The van der Waals surface area contributed by atoms with Gasteiger partial charge in [0.25, 0.3) is 0 Å². The van der Waals surface area contributed by atoms with Gasteiger partial charge in [-0.2, -0.15) is 5.11 Å². The van der Waals surface area contributed by atoms with E-state index in [9.17, 15) is 10.2 Å². The van der Waals surface area contributed by atoms with Gasteiger partial charge in [-0.05, 0) is 37.3 Å². The molecule has 3 rings (SSSR count). The molecule has 0 spiro atoms. The second-order valence-corrected chi connectivity index (χ2v) is 4.84. The average Bonchev–Trinajstić information content (AvgIpc) is 2.49. The summed E-state index contributed by atoms with van der Waals surface area (Å²) in [4.78, 5) is 0. The molecule has 104 valence electrons. The first-order chi connectivity index (χ1) is 10.1. The Balaban J connectivity index is 2.09. The molecule has 0 radical (unpaired) electrons. The molecule has 0 aliphatic carbocycles. The Morgan fingerprint density at radius 1 is 0.762 bits per heavy atom. The lowest BCUT2D eigenvalue weighted by Crippen LogP contribution is -1.77. The minimum Gasteiger partial charge on any atom is -0.507 e. The Hall–Kier alpha value is -2.88. The number of phenols is 2. The number of hydrogen-bond donors (Lipinski definition) is 2. The monoisotopic (exact) mass is 278 g/mol. The fraction of sp³-hybridized carbons (Fsp3) is 0.0588. The zero-order valence-corrected chi connectivity index (χ0v) is 11.5. The molecule has 0 aliphatic rings. The Morgan fingerprint density at radius 2 is 1.52 bits per heavy atom. The van der Waals surface area contributed by atoms with Crippen molar-refractivity contribution in [3.05, 3.63) is 60.2 Å². The smallest absolute Gasteiger partial charge is 0.125 e. The van der Waals surface area contributed by atoms with Crippen molar-refractivity contribution in [2.45, 2.75) is 6.92 Å². The number of nitrogens with zero attached hydrogens (tertiary/aromatic N) is 2. The largest absolute Gasteiger partial charge is 0.507 e. The number of phenolic OH excluding ortho intramolecular Hbond substituents is 2. The molecule has 3 aromatic carbocycles. The van der Waals surface area contributed by atoms with Crippen LogP contribution in [0.3, 0.4) is 0 Å². The lowest BCUT2D eigenvalue weighted by atomic mass is 10.1. The van der Waals surface area contributed by atoms with E-state index in [0.717, 1.165) is 11.3 Å². The van der Waals surface area contributed by atoms with Crippen molar-refractivity contribution in [1.29, 1.82) is 0 Å². The molecular formula is C17H14N2O2. The SMILES string of the molecule is Cc1ccc(N=Nc2ccc(O)c3cccc(O)c23)cc1. The molecule has 4 heteroatoms. The zero-order chi connectivity index (χ0) is 14.8. The van der Waals surface area contributed by atoms with Crippen LogP contribution in [0, 0.1) is 6.92 Å². The van der Waals surface area contributed by atoms with Gasteiger partial charge in [0.15, 0.2) is 0 Å². The molecule has 0 saturated carbocycles. The first kappa shape index (κ1) is 13.1. The van der Waals surface area contributed by atoms with Gasteiger partial charge < -0.3 is 10.2 Å². The van der Waals surface area contributed by atoms with Crippen LogP contribution in [-0.4, -0.2) is 10.2 Å². The number of benzene rings is 3. The van der Waals surface area contributed by atoms with Crippen molar-refractivity contribution in [3.63, 3.8) is 0 Å². The number of azo groups is 1. The van der Waals surface area contributed by atoms with Crippen LogP contribution in [0.1, 0.15) is 5.56 Å². The Morgan fingerprint density at radius 3 is 2.29 bits per heavy atom. The fourth-order valence-corrected chi connectivity index (χ4v) is 2.16. The molecule has 2 N–H and O–H groups in total. The lowest BCUT2D eigenvalue weighted by molar-refractivity contribution is 0.475. The van der Waals surface area contributed by atoms with E-state index in [1.54, 1.807) is 30.3 Å². The molecule has 0 aromatic heterocycles. The van der Waals surface area contributed by atoms with Crippen molar-refractivity contribution in [1.82, 2.24) is 0 Å². The van der Waals surface area contributed by atoms with Gasteiger partial charge in [-0.3, -0.25) is 0 Å². The molecule has 21 heavy (non-hydrogen) atoms. The van der Waals surface area contributed by atoms with Gasteiger partial charge in [-0.1, -0.05) is 29.8 Å². The number of aryl methyl sites for hydroxylation is 1. The Labute approximate surface area is 122 Å². The summed E-state index contributed by atoms with van der Waals surface area (Å²) in [7, 11) is 0. The highest BCUT2D eigenvalue weighted by Gasteiger charge is 2.08. The predicted octanol–water partition coefficient (Wildman–Crippen LogP) is 4.97. The van der Waals surface area contributed by atoms with Crippen molar-refractivity contribution in [3.8, 4) is 11.5 Å². The van der Waals surface area contributed by atoms with Gasteiger partial charge in [0.2, 0.25) is 0 Å². The molecule has 0 fully saturated rings. The highest BCUT2D eigenvalue weighted by Crippen LogP contribution is 2.38. The van der Waals surface area contributed by atoms with Crippen LogP contribution >= 0.6 is 0 Å². The van der Waals surface area contributed by atoms with E-state index in [-0.39, 0.29) is 11.5 Å². The topological polar surface area (TPSA) is 65.2 Å². The summed E-state index contributed by atoms with van der Waals surface area (Å²) in [5, 5.41) is 29.3. The third-order valence-corrected chi connectivity index (χ3v) is 3.28. The summed E-state index contributed by atoms with van der Waals surface area (Å²) in [5.41, 5.74) is 2.40. The Kier molecular flexibility index (Phi) is 3.28. The molecule has 0 amide bonds. The molecule has 0 saturated heterocycles. The lowest BCUT2D eigenvalue weighted by Gasteiger charge is -2.05. The fourth-order valence-electron chi connectivity index (χ4n) is 2.16. The third kappa shape index (κ3) is 2.56. The first-order valence-corrected chi connectivity index (χ1v) is 6.57. The van der Waals surface area contributed by atoms with Gasteiger partial charge >= 0.3 is 0 Å². The summed E-state index contributed by atoms with van der Waals surface area (Å²) < 4.78 is 0. The van der Waals surface area contributed by atoms with E-state index in [4.69, 9.17) is 0 Å². The van der Waals surface area contributed by atoms with Crippen LogP contribution in [0.25, 0.3) is 10.8 Å². The van der Waals surface area contributed by atoms with E-state index in [0.29, 0.717) is 16.5 Å². The van der Waals surface area contributed by atoms with Crippen LogP contribution in [0.4, 0.5) is 11.4 Å². The summed E-state index contributed by atoms with van der Waals surface area (Å²) >= 11 is 0. The van der Waals surface area contributed by atoms with E-state index in [2.05, 4.69) is 10.2 Å². The summed E-state index contributed by atoms with van der Waals surface area (Å²) in [6.07, 6.45) is 0. The van der Waals surface area contributed by atoms with Gasteiger partial charge in [0, 0.05) is 5.39 Å². The second-order valence-electron chi connectivity index (χ2n) is 4.84. The van der Waals surface area contributed by atoms with E-state index >= 15 is 0 Å². The zero-order valence-electron chi connectivity index (χ0n) is 11.5. The molecule has 0 bridgehead atoms. The van der Waals surface area contributed by atoms with Crippen LogP contribution in [0.2, 0.25) is 0 Å². The molecule has 0 heterocycles. The summed E-state index contributed by atoms with van der Waals surface area (Å²) in [5.74, 6) is 0.177. The Bertz CT molecular complexity index is 824. The molecule has 0 aliphatic heterocycles. The quantitative estimate of drug-likeness (QED) is 0.649. The second kappa shape index (κ2) is 5.25. The van der Waals surface area contributed by atoms with Crippen LogP contribution in [0.5, 0.6) is 11.5 Å². The highest BCUT2D eigenvalue weighted by atomic mass is 16.3. The van der Waals surface area contributed by atoms with Crippen molar-refractivity contribution in [2.75, 3.05) is 0 Å². The minimum atomic E-state index is 0.0706. The first-order valence-electron chi connectivity index (χ1n) is 6.57. The van der Waals surface area contributed by atoms with Crippen molar-refractivity contribution >= 4 is 22.1 Å². The summed E-state index contributed by atoms with van der Waals surface area (Å²) in [6, 6.07) is 15.8. The van der Waals surface area contributed by atoms with Crippen LogP contribution in [0.15, 0.2) is 64.8 Å². The number of fused-ring (bicyclic) bond motifs is 1. The normalized spacial score (nSPS) is 11.3. The highest BCUT2D eigenvalue weighted by molar-refractivity contribution is 6.00.